The molecule has 0 aromatic heterocycles. The summed E-state index contributed by atoms with van der Waals surface area (Å²) in [7, 11) is 0. The standard InChI is InChI=1S/C20H23N/c1-19(2)18(20(19,3)4)21-17-15-11-7-5-9-13(15)14-10-6-8-12-16(14)17/h5-12,17-18,21H,1-4H3. The van der Waals surface area contributed by atoms with E-state index in [4.69, 9.17) is 0 Å². The molecule has 0 radical (unpaired) electrons. The van der Waals surface area contributed by atoms with Crippen molar-refractivity contribution in [2.75, 3.05) is 0 Å². The Labute approximate surface area is 127 Å². The Morgan fingerprint density at radius 2 is 1.14 bits per heavy atom. The Morgan fingerprint density at radius 3 is 1.57 bits per heavy atom. The van der Waals surface area contributed by atoms with Gasteiger partial charge in [-0.2, -0.15) is 0 Å². The highest BCUT2D eigenvalue weighted by Crippen LogP contribution is 2.63. The number of benzene rings is 2. The van der Waals surface area contributed by atoms with E-state index in [0.717, 1.165) is 0 Å². The van der Waals surface area contributed by atoms with Gasteiger partial charge in [-0.3, -0.25) is 0 Å². The summed E-state index contributed by atoms with van der Waals surface area (Å²) in [6.45, 7) is 9.49. The van der Waals surface area contributed by atoms with Crippen LogP contribution in [0.5, 0.6) is 0 Å². The largest absolute Gasteiger partial charge is 0.302 e. The van der Waals surface area contributed by atoms with Gasteiger partial charge in [0, 0.05) is 6.04 Å². The molecule has 1 heteroatoms. The summed E-state index contributed by atoms with van der Waals surface area (Å²) in [5, 5.41) is 3.95. The summed E-state index contributed by atoms with van der Waals surface area (Å²) in [4.78, 5) is 0. The lowest BCUT2D eigenvalue weighted by atomic mass is 10.0. The first-order valence-electron chi connectivity index (χ1n) is 7.89. The zero-order chi connectivity index (χ0) is 14.8. The lowest BCUT2D eigenvalue weighted by Gasteiger charge is -2.17. The average Bonchev–Trinajstić information content (AvgIpc) is 2.76. The fourth-order valence-electron chi connectivity index (χ4n) is 4.11. The third kappa shape index (κ3) is 1.61. The normalized spacial score (nSPS) is 21.9. The van der Waals surface area contributed by atoms with Gasteiger partial charge in [-0.05, 0) is 33.1 Å². The monoisotopic (exact) mass is 277 g/mol. The van der Waals surface area contributed by atoms with Crippen LogP contribution in [0.15, 0.2) is 48.5 Å². The van der Waals surface area contributed by atoms with Gasteiger partial charge >= 0.3 is 0 Å². The molecule has 2 aromatic rings. The van der Waals surface area contributed by atoms with E-state index in [-0.39, 0.29) is 0 Å². The molecule has 0 bridgehead atoms. The highest BCUT2D eigenvalue weighted by Gasteiger charge is 2.65. The topological polar surface area (TPSA) is 12.0 Å². The lowest BCUT2D eigenvalue weighted by Crippen LogP contribution is -2.27. The van der Waals surface area contributed by atoms with Crippen molar-refractivity contribution in [1.29, 1.82) is 0 Å². The Kier molecular flexibility index (Phi) is 2.48. The first-order valence-corrected chi connectivity index (χ1v) is 7.89. The predicted octanol–water partition coefficient (Wildman–Crippen LogP) is 4.78. The lowest BCUT2D eigenvalue weighted by molar-refractivity contribution is 0.457. The Bertz CT molecular complexity index is 652. The average molecular weight is 277 g/mol. The third-order valence-corrected chi connectivity index (χ3v) is 6.19. The number of fused-ring (bicyclic) bond motifs is 3. The minimum absolute atomic E-state index is 0.337. The van der Waals surface area contributed by atoms with Gasteiger partial charge in [-0.1, -0.05) is 76.2 Å². The minimum atomic E-state index is 0.337. The van der Waals surface area contributed by atoms with Gasteiger partial charge in [0.25, 0.3) is 0 Å². The Hall–Kier alpha value is -1.60. The highest BCUT2D eigenvalue weighted by molar-refractivity contribution is 5.78. The van der Waals surface area contributed by atoms with Crippen molar-refractivity contribution >= 4 is 0 Å². The van der Waals surface area contributed by atoms with E-state index in [9.17, 15) is 0 Å². The zero-order valence-electron chi connectivity index (χ0n) is 13.3. The van der Waals surface area contributed by atoms with Crippen molar-refractivity contribution in [1.82, 2.24) is 5.32 Å². The first kappa shape index (κ1) is 13.1. The molecule has 0 atom stereocenters. The molecule has 0 heterocycles. The van der Waals surface area contributed by atoms with E-state index in [1.165, 1.54) is 22.3 Å². The second-order valence-corrected chi connectivity index (χ2v) is 7.65. The zero-order valence-corrected chi connectivity index (χ0v) is 13.3. The third-order valence-electron chi connectivity index (χ3n) is 6.19. The van der Waals surface area contributed by atoms with Crippen molar-refractivity contribution in [2.24, 2.45) is 10.8 Å². The van der Waals surface area contributed by atoms with Crippen molar-refractivity contribution in [2.45, 2.75) is 39.8 Å². The van der Waals surface area contributed by atoms with Crippen LogP contribution < -0.4 is 5.32 Å². The molecule has 2 aliphatic carbocycles. The van der Waals surface area contributed by atoms with Gasteiger partial charge in [-0.25, -0.2) is 0 Å². The summed E-state index contributed by atoms with van der Waals surface area (Å²) < 4.78 is 0. The predicted molar refractivity (Wildman–Crippen MR) is 88.2 cm³/mol. The van der Waals surface area contributed by atoms with Crippen LogP contribution in [-0.2, 0) is 0 Å². The van der Waals surface area contributed by atoms with Crippen LogP contribution in [0.4, 0.5) is 0 Å². The maximum Gasteiger partial charge on any atom is 0.0591 e. The van der Waals surface area contributed by atoms with Crippen LogP contribution in [0.25, 0.3) is 11.1 Å². The number of nitrogens with one attached hydrogen (secondary N) is 1. The van der Waals surface area contributed by atoms with E-state index in [0.29, 0.717) is 22.9 Å². The maximum atomic E-state index is 3.95. The molecule has 1 nitrogen and oxygen atoms in total. The number of rotatable bonds is 2. The molecule has 2 aliphatic rings. The van der Waals surface area contributed by atoms with Crippen LogP contribution in [-0.4, -0.2) is 6.04 Å². The molecule has 108 valence electrons. The number of hydrogen-bond acceptors (Lipinski definition) is 1. The van der Waals surface area contributed by atoms with Crippen molar-refractivity contribution in [3.63, 3.8) is 0 Å². The summed E-state index contributed by atoms with van der Waals surface area (Å²) >= 11 is 0. The smallest absolute Gasteiger partial charge is 0.0591 e. The molecular weight excluding hydrogens is 254 g/mol. The van der Waals surface area contributed by atoms with E-state index in [2.05, 4.69) is 81.5 Å². The van der Waals surface area contributed by atoms with Gasteiger partial charge < -0.3 is 5.32 Å². The van der Waals surface area contributed by atoms with Crippen LogP contribution >= 0.6 is 0 Å². The molecular formula is C20H23N. The number of hydrogen-bond donors (Lipinski definition) is 1. The molecule has 21 heavy (non-hydrogen) atoms. The Morgan fingerprint density at radius 1 is 0.714 bits per heavy atom. The molecule has 1 saturated carbocycles. The van der Waals surface area contributed by atoms with Crippen LogP contribution in [0, 0.1) is 10.8 Å². The fourth-order valence-corrected chi connectivity index (χ4v) is 4.11. The summed E-state index contributed by atoms with van der Waals surface area (Å²) in [5.41, 5.74) is 6.36. The van der Waals surface area contributed by atoms with E-state index in [1.807, 2.05) is 0 Å². The molecule has 0 unspecified atom stereocenters. The van der Waals surface area contributed by atoms with E-state index in [1.54, 1.807) is 0 Å². The van der Waals surface area contributed by atoms with Gasteiger partial charge in [0.15, 0.2) is 0 Å². The Balaban J connectivity index is 1.77. The summed E-state index contributed by atoms with van der Waals surface area (Å²) in [5.74, 6) is 0. The van der Waals surface area contributed by atoms with Gasteiger partial charge in [0.05, 0.1) is 6.04 Å². The molecule has 0 spiro atoms. The summed E-state index contributed by atoms with van der Waals surface area (Å²) in [6.07, 6.45) is 0. The molecule has 0 saturated heterocycles. The second kappa shape index (κ2) is 3.98. The van der Waals surface area contributed by atoms with Crippen molar-refractivity contribution < 1.29 is 0 Å². The molecule has 1 N–H and O–H groups in total. The molecule has 0 aliphatic heterocycles. The van der Waals surface area contributed by atoms with Crippen LogP contribution in [0.1, 0.15) is 44.9 Å². The van der Waals surface area contributed by atoms with E-state index >= 15 is 0 Å². The molecule has 4 rings (SSSR count). The van der Waals surface area contributed by atoms with Crippen molar-refractivity contribution in [3.8, 4) is 11.1 Å². The van der Waals surface area contributed by atoms with Crippen molar-refractivity contribution in [3.05, 3.63) is 59.7 Å². The summed E-state index contributed by atoms with van der Waals surface area (Å²) in [6, 6.07) is 18.5. The quantitative estimate of drug-likeness (QED) is 0.833. The van der Waals surface area contributed by atoms with Crippen LogP contribution in [0.2, 0.25) is 0 Å². The molecule has 2 aromatic carbocycles. The SMILES string of the molecule is CC1(C)C(NC2c3ccccc3-c3ccccc32)C1(C)C. The van der Waals surface area contributed by atoms with Crippen LogP contribution in [0.3, 0.4) is 0 Å². The molecule has 0 amide bonds. The highest BCUT2D eigenvalue weighted by atomic mass is 15.1. The maximum absolute atomic E-state index is 3.95. The van der Waals surface area contributed by atoms with Gasteiger partial charge in [0.1, 0.15) is 0 Å². The van der Waals surface area contributed by atoms with Gasteiger partial charge in [0.2, 0.25) is 0 Å². The fraction of sp³-hybridized carbons (Fsp3) is 0.400. The van der Waals surface area contributed by atoms with E-state index < -0.39 is 0 Å². The van der Waals surface area contributed by atoms with Gasteiger partial charge in [-0.15, -0.1) is 0 Å². The minimum Gasteiger partial charge on any atom is -0.302 e. The second-order valence-electron chi connectivity index (χ2n) is 7.65. The molecule has 1 fully saturated rings. The first-order chi connectivity index (χ1) is 9.94.